The Bertz CT molecular complexity index is 1180. The number of ketones is 1. The average molecular weight is 489 g/mol. The molecule has 0 bridgehead atoms. The van der Waals surface area contributed by atoms with Gasteiger partial charge in [0.2, 0.25) is 0 Å². The number of hydrogen-bond acceptors (Lipinski definition) is 6. The number of fused-ring (bicyclic) bond motifs is 1. The zero-order valence-corrected chi connectivity index (χ0v) is 20.4. The first-order valence-corrected chi connectivity index (χ1v) is 13.1. The highest BCUT2D eigenvalue weighted by molar-refractivity contribution is 7.12. The lowest BCUT2D eigenvalue weighted by molar-refractivity contribution is -0.132. The molecule has 1 aromatic heterocycles. The molecule has 0 N–H and O–H groups in total. The van der Waals surface area contributed by atoms with Crippen LogP contribution < -0.4 is 0 Å². The summed E-state index contributed by atoms with van der Waals surface area (Å²) in [5, 5.41) is 12.0. The maximum Gasteiger partial charge on any atom is 0.266 e. The predicted molar refractivity (Wildman–Crippen MR) is 133 cm³/mol. The summed E-state index contributed by atoms with van der Waals surface area (Å²) in [6.07, 6.45) is 3.76. The van der Waals surface area contributed by atoms with Gasteiger partial charge in [0.25, 0.3) is 11.8 Å². The Morgan fingerprint density at radius 1 is 1.00 bits per heavy atom. The van der Waals surface area contributed by atoms with Gasteiger partial charge in [-0.1, -0.05) is 49.2 Å². The third-order valence-corrected chi connectivity index (χ3v) is 8.23. The highest BCUT2D eigenvalue weighted by Gasteiger charge is 2.45. The van der Waals surface area contributed by atoms with E-state index in [0.29, 0.717) is 31.7 Å². The number of piperazine rings is 1. The number of amides is 2. The van der Waals surface area contributed by atoms with Crippen LogP contribution in [0.4, 0.5) is 0 Å². The number of benzene rings is 1. The Kier molecular flexibility index (Phi) is 6.69. The molecule has 35 heavy (non-hydrogen) atoms. The van der Waals surface area contributed by atoms with Gasteiger partial charge in [-0.3, -0.25) is 14.4 Å². The van der Waals surface area contributed by atoms with Crippen LogP contribution in [-0.4, -0.2) is 71.1 Å². The summed E-state index contributed by atoms with van der Waals surface area (Å²) in [5.74, 6) is -0.369. The summed E-state index contributed by atoms with van der Waals surface area (Å²) in [6, 6.07) is 14.8. The van der Waals surface area contributed by atoms with Crippen LogP contribution >= 0.6 is 11.3 Å². The Morgan fingerprint density at radius 3 is 2.43 bits per heavy atom. The Morgan fingerprint density at radius 2 is 1.74 bits per heavy atom. The third-order valence-electron chi connectivity index (χ3n) is 7.37. The molecule has 2 atom stereocenters. The second-order valence-electron chi connectivity index (χ2n) is 9.31. The van der Waals surface area contributed by atoms with Gasteiger partial charge in [0.15, 0.2) is 5.78 Å². The van der Waals surface area contributed by atoms with Crippen LogP contribution in [0, 0.1) is 17.2 Å². The predicted octanol–water partition coefficient (Wildman–Crippen LogP) is 3.57. The fraction of sp³-hybridized carbons (Fsp3) is 0.407. The molecular formula is C27H28N4O3S. The van der Waals surface area contributed by atoms with Crippen molar-refractivity contribution in [1.82, 2.24) is 14.7 Å². The molecule has 5 rings (SSSR count). The molecule has 3 heterocycles. The van der Waals surface area contributed by atoms with E-state index in [0.717, 1.165) is 36.3 Å². The van der Waals surface area contributed by atoms with Crippen molar-refractivity contribution in [3.05, 3.63) is 69.6 Å². The summed E-state index contributed by atoms with van der Waals surface area (Å²) in [6.45, 7) is 2.29. The number of carbonyl (C=O) groups is 3. The number of nitriles is 1. The second kappa shape index (κ2) is 10.0. The first kappa shape index (κ1) is 23.3. The van der Waals surface area contributed by atoms with Crippen molar-refractivity contribution in [2.45, 2.75) is 31.7 Å². The molecule has 1 saturated carbocycles. The number of Topliss-reactive ketones (excluding diaryl/α,β-unsaturated/α-hetero) is 1. The molecule has 7 nitrogen and oxygen atoms in total. The first-order valence-electron chi connectivity index (χ1n) is 12.2. The highest BCUT2D eigenvalue weighted by Crippen LogP contribution is 2.41. The molecule has 2 aliphatic heterocycles. The van der Waals surface area contributed by atoms with Crippen LogP contribution in [-0.2, 0) is 4.79 Å². The van der Waals surface area contributed by atoms with E-state index < -0.39 is 0 Å². The molecule has 2 aromatic rings. The van der Waals surface area contributed by atoms with Crippen molar-refractivity contribution < 1.29 is 14.4 Å². The standard InChI is InChI=1S/C27H28N4O3S/c28-17-21-25(29-12-14-30(15-13-29)27(34)24-11-6-16-35-24)20-9-4-5-10-22(20)31(26(21)33)18-23(32)19-7-2-1-3-8-19/h1-3,6-8,11,16,20,22H,4-5,9-10,12-15,18H2. The molecule has 0 radical (unpaired) electrons. The van der Waals surface area contributed by atoms with Crippen molar-refractivity contribution in [1.29, 1.82) is 5.26 Å². The van der Waals surface area contributed by atoms with E-state index in [9.17, 15) is 19.6 Å². The van der Waals surface area contributed by atoms with E-state index >= 15 is 0 Å². The monoisotopic (exact) mass is 488 g/mol. The van der Waals surface area contributed by atoms with Gasteiger partial charge in [-0.05, 0) is 24.3 Å². The van der Waals surface area contributed by atoms with Crippen molar-refractivity contribution in [3.63, 3.8) is 0 Å². The minimum atomic E-state index is -0.341. The molecule has 8 heteroatoms. The normalized spacial score (nSPS) is 22.6. The number of nitrogens with zero attached hydrogens (tertiary/aromatic N) is 4. The topological polar surface area (TPSA) is 84.7 Å². The number of rotatable bonds is 5. The van der Waals surface area contributed by atoms with Gasteiger partial charge in [-0.15, -0.1) is 11.3 Å². The second-order valence-corrected chi connectivity index (χ2v) is 10.3. The smallest absolute Gasteiger partial charge is 0.266 e. The van der Waals surface area contributed by atoms with E-state index in [4.69, 9.17) is 0 Å². The number of carbonyl (C=O) groups excluding carboxylic acids is 3. The Balaban J connectivity index is 1.38. The lowest BCUT2D eigenvalue weighted by Crippen LogP contribution is -2.57. The molecule has 1 saturated heterocycles. The lowest BCUT2D eigenvalue weighted by Gasteiger charge is -2.48. The molecule has 3 aliphatic rings. The number of thiophene rings is 1. The van der Waals surface area contributed by atoms with E-state index in [1.165, 1.54) is 11.3 Å². The van der Waals surface area contributed by atoms with Crippen LogP contribution in [0.25, 0.3) is 0 Å². The van der Waals surface area contributed by atoms with Crippen molar-refractivity contribution in [2.75, 3.05) is 32.7 Å². The quantitative estimate of drug-likeness (QED) is 0.601. The van der Waals surface area contributed by atoms with Crippen LogP contribution in [0.15, 0.2) is 59.1 Å². The van der Waals surface area contributed by atoms with Crippen molar-refractivity contribution in [3.8, 4) is 6.07 Å². The van der Waals surface area contributed by atoms with Crippen LogP contribution in [0.5, 0.6) is 0 Å². The zero-order chi connectivity index (χ0) is 24.4. The van der Waals surface area contributed by atoms with E-state index in [1.54, 1.807) is 17.0 Å². The van der Waals surface area contributed by atoms with Gasteiger partial charge in [0.1, 0.15) is 11.6 Å². The van der Waals surface area contributed by atoms with Gasteiger partial charge in [-0.25, -0.2) is 0 Å². The average Bonchev–Trinajstić information content (AvgIpc) is 3.45. The van der Waals surface area contributed by atoms with Crippen molar-refractivity contribution >= 4 is 28.9 Å². The van der Waals surface area contributed by atoms with Crippen molar-refractivity contribution in [2.24, 2.45) is 5.92 Å². The first-order chi connectivity index (χ1) is 17.1. The van der Waals surface area contributed by atoms with Crippen LogP contribution in [0.2, 0.25) is 0 Å². The molecule has 1 aromatic carbocycles. The summed E-state index contributed by atoms with van der Waals surface area (Å²) >= 11 is 1.44. The Hall–Kier alpha value is -3.44. The maximum absolute atomic E-state index is 13.6. The molecule has 2 amide bonds. The zero-order valence-electron chi connectivity index (χ0n) is 19.6. The van der Waals surface area contributed by atoms with Crippen LogP contribution in [0.1, 0.15) is 45.7 Å². The van der Waals surface area contributed by atoms with Gasteiger partial charge >= 0.3 is 0 Å². The Labute approximate surface area is 209 Å². The van der Waals surface area contributed by atoms with E-state index in [1.807, 2.05) is 40.6 Å². The molecule has 1 aliphatic carbocycles. The van der Waals surface area contributed by atoms with Gasteiger partial charge in [0, 0.05) is 49.4 Å². The summed E-state index contributed by atoms with van der Waals surface area (Å²) in [4.78, 5) is 45.7. The fourth-order valence-corrected chi connectivity index (χ4v) is 6.35. The summed E-state index contributed by atoms with van der Waals surface area (Å²) in [7, 11) is 0. The SMILES string of the molecule is N#CC1=C(N2CCN(C(=O)c3cccs3)CC2)C2CCCCC2N(CC(=O)c2ccccc2)C1=O. The summed E-state index contributed by atoms with van der Waals surface area (Å²) < 4.78 is 0. The fourth-order valence-electron chi connectivity index (χ4n) is 5.66. The van der Waals surface area contributed by atoms with E-state index in [-0.39, 0.29) is 41.7 Å². The van der Waals surface area contributed by atoms with Gasteiger partial charge < -0.3 is 14.7 Å². The van der Waals surface area contributed by atoms with Gasteiger partial charge in [0.05, 0.1) is 11.4 Å². The van der Waals surface area contributed by atoms with E-state index in [2.05, 4.69) is 11.0 Å². The molecule has 180 valence electrons. The minimum Gasteiger partial charge on any atom is -0.370 e. The maximum atomic E-state index is 13.6. The summed E-state index contributed by atoms with van der Waals surface area (Å²) in [5.41, 5.74) is 1.56. The molecule has 2 fully saturated rings. The third kappa shape index (κ3) is 4.48. The molecular weight excluding hydrogens is 460 g/mol. The van der Waals surface area contributed by atoms with Gasteiger partial charge in [-0.2, -0.15) is 5.26 Å². The highest BCUT2D eigenvalue weighted by atomic mass is 32.1. The van der Waals surface area contributed by atoms with Crippen LogP contribution in [0.3, 0.4) is 0 Å². The number of hydrogen-bond donors (Lipinski definition) is 0. The largest absolute Gasteiger partial charge is 0.370 e. The molecule has 0 spiro atoms. The molecule has 2 unspecified atom stereocenters. The lowest BCUT2D eigenvalue weighted by atomic mass is 9.76. The minimum absolute atomic E-state index is 0.00837.